The zero-order chi connectivity index (χ0) is 42.0. The van der Waals surface area contributed by atoms with Crippen LogP contribution in [0.5, 0.6) is 0 Å². The molecule has 59 heavy (non-hydrogen) atoms. The Balaban J connectivity index is 0.000000208. The summed E-state index contributed by atoms with van der Waals surface area (Å²) in [4.78, 5) is 0. The summed E-state index contributed by atoms with van der Waals surface area (Å²) in [5.41, 5.74) is 10.6. The van der Waals surface area contributed by atoms with E-state index in [1.165, 1.54) is 90.4 Å². The van der Waals surface area contributed by atoms with Gasteiger partial charge >= 0.3 is 137 Å². The van der Waals surface area contributed by atoms with Crippen LogP contribution < -0.4 is 24.8 Å². The summed E-state index contributed by atoms with van der Waals surface area (Å²) in [6.07, 6.45) is 1.52. The molecule has 1 atom stereocenters. The number of benzene rings is 4. The molecular formula is C50H48Cl2F6Zr-2. The van der Waals surface area contributed by atoms with Crippen molar-refractivity contribution in [3.05, 3.63) is 159 Å². The minimum atomic E-state index is -4.49. The first-order valence-corrected chi connectivity index (χ1v) is 20.5. The Morgan fingerprint density at radius 2 is 1.08 bits per heavy atom. The number of hydrogen-bond donors (Lipinski definition) is 0. The summed E-state index contributed by atoms with van der Waals surface area (Å²) in [6, 6.07) is 21.3. The predicted octanol–water partition coefficient (Wildman–Crippen LogP) is 8.92. The van der Waals surface area contributed by atoms with Crippen LogP contribution in [0.1, 0.15) is 114 Å². The van der Waals surface area contributed by atoms with Gasteiger partial charge in [0, 0.05) is 10.8 Å². The summed E-state index contributed by atoms with van der Waals surface area (Å²) in [5.74, 6) is 1.20. The molecule has 0 saturated heterocycles. The number of hydrogen-bond acceptors (Lipinski definition) is 0. The van der Waals surface area contributed by atoms with Crippen LogP contribution >= 0.6 is 0 Å². The van der Waals surface area contributed by atoms with Crippen molar-refractivity contribution in [2.75, 3.05) is 0 Å². The molecule has 0 radical (unpaired) electrons. The maximum absolute atomic E-state index is 12.7. The number of allylic oxidation sites excluding steroid dienone is 8. The molecule has 0 spiro atoms. The molecule has 3 aliphatic carbocycles. The third kappa shape index (κ3) is 10.1. The standard InChI is InChI=1S/C25H25.C15H8F6.C10H15.2ClH.Zr/c1-14-12-24(3,4)22-8-16-7-17-9-23-19(15(2)13-25(23,5)6)11-21(17)20(16)10-18(14)22;16-14(17,18)12-5-1-3-10(8-12)7-11-4-2-6-13(9-11)15(19,20)21;1-7(2)10-6-8(3)5-9(10)4;;;/h7-13H,1-6H3;1-6,8-9H;6-8H,1-4H3;2*1H;/q-1;;-1;;;+2/p-2. The smallest absolute Gasteiger partial charge is 1.00 e. The summed E-state index contributed by atoms with van der Waals surface area (Å²) in [5, 5.41) is 5.57. The third-order valence-corrected chi connectivity index (χ3v) is 12.7. The largest absolute Gasteiger partial charge is 1.00 e. The van der Waals surface area contributed by atoms with Crippen LogP contribution in [0.3, 0.4) is 0 Å². The van der Waals surface area contributed by atoms with Gasteiger partial charge in [-0.2, -0.15) is 11.6 Å². The quantitative estimate of drug-likeness (QED) is 0.125. The summed E-state index contributed by atoms with van der Waals surface area (Å²) >= 11 is 0.729. The van der Waals surface area contributed by atoms with Gasteiger partial charge in [0.05, 0.1) is 0 Å². The van der Waals surface area contributed by atoms with E-state index in [0.29, 0.717) is 15.0 Å². The van der Waals surface area contributed by atoms with E-state index in [0.717, 1.165) is 48.5 Å². The van der Waals surface area contributed by atoms with Gasteiger partial charge < -0.3 is 24.8 Å². The molecule has 0 fully saturated rings. The molecule has 0 aliphatic heterocycles. The van der Waals surface area contributed by atoms with Gasteiger partial charge in [0.15, 0.2) is 0 Å². The zero-order valence-electron chi connectivity index (χ0n) is 34.9. The maximum Gasteiger partial charge on any atom is -1.00 e. The maximum atomic E-state index is 12.7. The SMILES string of the molecule is CC1=CC(C)(C)c2cc3[cH-]c4cc5c(cc4c3cc21)C(C)=CC5(C)C.CC1=[C-]C(C)C=C1C(C)C.FC(F)(F)c1cccc([C](=[Zr+2])c2cccc(C(F)(F)F)c2)c1.[Cl-].[Cl-]. The third-order valence-electron chi connectivity index (χ3n) is 11.3. The Bertz CT molecular complexity index is 2390. The van der Waals surface area contributed by atoms with Gasteiger partial charge in [0.1, 0.15) is 0 Å². The molecule has 1 unspecified atom stereocenters. The molecule has 310 valence electrons. The van der Waals surface area contributed by atoms with E-state index in [-0.39, 0.29) is 46.8 Å². The van der Waals surface area contributed by atoms with Crippen molar-refractivity contribution in [2.24, 2.45) is 11.8 Å². The number of fused-ring (bicyclic) bond motifs is 5. The van der Waals surface area contributed by atoms with Crippen LogP contribution in [0.4, 0.5) is 26.3 Å². The molecule has 5 aromatic carbocycles. The Kier molecular flexibility index (Phi) is 14.4. The van der Waals surface area contributed by atoms with Gasteiger partial charge in [-0.05, 0) is 36.1 Å². The van der Waals surface area contributed by atoms with Crippen LogP contribution in [-0.4, -0.2) is 3.21 Å². The van der Waals surface area contributed by atoms with E-state index < -0.39 is 23.5 Å². The van der Waals surface area contributed by atoms with Crippen LogP contribution in [0.15, 0.2) is 108 Å². The number of rotatable bonds is 3. The van der Waals surface area contributed by atoms with Crippen LogP contribution in [0, 0.1) is 17.9 Å². The molecule has 0 bridgehead atoms. The fourth-order valence-corrected chi connectivity index (χ4v) is 9.34. The van der Waals surface area contributed by atoms with Crippen molar-refractivity contribution in [3.8, 4) is 0 Å². The van der Waals surface area contributed by atoms with Crippen molar-refractivity contribution in [1.82, 2.24) is 0 Å². The summed E-state index contributed by atoms with van der Waals surface area (Å²) in [6.45, 7) is 22.6. The van der Waals surface area contributed by atoms with E-state index in [9.17, 15) is 26.3 Å². The van der Waals surface area contributed by atoms with E-state index in [4.69, 9.17) is 0 Å². The minimum Gasteiger partial charge on any atom is -1.00 e. The van der Waals surface area contributed by atoms with Gasteiger partial charge in [-0.3, -0.25) is 6.08 Å². The molecule has 8 rings (SSSR count). The fraction of sp³-hybridized carbons (Fsp3) is 0.320. The fourth-order valence-electron chi connectivity index (χ4n) is 8.57. The average Bonchev–Trinajstić information content (AvgIpc) is 3.79. The molecule has 0 amide bonds. The van der Waals surface area contributed by atoms with Crippen LogP contribution in [0.2, 0.25) is 0 Å². The van der Waals surface area contributed by atoms with Gasteiger partial charge in [-0.1, -0.05) is 103 Å². The first kappa shape index (κ1) is 48.3. The van der Waals surface area contributed by atoms with Crippen LogP contribution in [0.25, 0.3) is 32.7 Å². The van der Waals surface area contributed by atoms with E-state index >= 15 is 0 Å². The number of halogens is 8. The summed E-state index contributed by atoms with van der Waals surface area (Å²) < 4.78 is 76.7. The van der Waals surface area contributed by atoms with Gasteiger partial charge in [-0.15, -0.1) is 39.7 Å². The van der Waals surface area contributed by atoms with Gasteiger partial charge in [-0.25, -0.2) is 5.57 Å². The molecule has 3 aliphatic rings. The monoisotopic (exact) mass is 922 g/mol. The second kappa shape index (κ2) is 17.5. The Labute approximate surface area is 372 Å². The molecule has 0 aromatic heterocycles. The molecule has 5 aromatic rings. The molecule has 9 heteroatoms. The van der Waals surface area contributed by atoms with E-state index in [1.54, 1.807) is 0 Å². The second-order valence-electron chi connectivity index (χ2n) is 17.1. The van der Waals surface area contributed by atoms with Crippen LogP contribution in [-0.2, 0) is 47.4 Å². The Morgan fingerprint density at radius 1 is 0.678 bits per heavy atom. The van der Waals surface area contributed by atoms with Gasteiger partial charge in [0.25, 0.3) is 0 Å². The number of alkyl halides is 6. The van der Waals surface area contributed by atoms with Crippen molar-refractivity contribution in [2.45, 2.75) is 92.4 Å². The van der Waals surface area contributed by atoms with Crippen molar-refractivity contribution >= 4 is 35.9 Å². The Morgan fingerprint density at radius 3 is 1.41 bits per heavy atom. The van der Waals surface area contributed by atoms with E-state index in [2.05, 4.69) is 124 Å². The first-order valence-electron chi connectivity index (χ1n) is 19.2. The average molecular weight is 925 g/mol. The molecule has 0 nitrogen and oxygen atoms in total. The van der Waals surface area contributed by atoms with Crippen molar-refractivity contribution in [1.29, 1.82) is 0 Å². The zero-order valence-corrected chi connectivity index (χ0v) is 38.9. The molecular weight excluding hydrogens is 877 g/mol. The molecule has 0 N–H and O–H groups in total. The normalized spacial score (nSPS) is 17.3. The second-order valence-corrected chi connectivity index (χ2v) is 18.3. The first-order chi connectivity index (χ1) is 26.4. The summed E-state index contributed by atoms with van der Waals surface area (Å²) in [7, 11) is 0. The van der Waals surface area contributed by atoms with Gasteiger partial charge in [0.2, 0.25) is 0 Å². The Hall–Kier alpha value is -3.38. The molecule has 0 saturated carbocycles. The topological polar surface area (TPSA) is 0 Å². The van der Waals surface area contributed by atoms with E-state index in [1.807, 2.05) is 0 Å². The minimum absolute atomic E-state index is 0. The molecule has 0 heterocycles. The predicted molar refractivity (Wildman–Crippen MR) is 221 cm³/mol. The van der Waals surface area contributed by atoms with Crippen molar-refractivity contribution < 1.29 is 75.4 Å². The van der Waals surface area contributed by atoms with Crippen molar-refractivity contribution in [3.63, 3.8) is 0 Å².